The Bertz CT molecular complexity index is 627. The fourth-order valence-corrected chi connectivity index (χ4v) is 2.68. The molecule has 0 bridgehead atoms. The Balaban J connectivity index is 3.12. The quantitative estimate of drug-likeness (QED) is 0.464. The molecule has 0 aliphatic heterocycles. The lowest BCUT2D eigenvalue weighted by atomic mass is 10.2. The SMILES string of the molecule is COC(=O)c1ccc(N)cc1S(=O)(=O)NCCC(N)=O. The minimum atomic E-state index is -4.00. The number of primary amides is 1. The van der Waals surface area contributed by atoms with E-state index in [1.165, 1.54) is 12.1 Å². The summed E-state index contributed by atoms with van der Waals surface area (Å²) < 4.78 is 30.8. The molecule has 0 fully saturated rings. The molecule has 0 heterocycles. The Hall–Kier alpha value is -2.13. The summed E-state index contributed by atoms with van der Waals surface area (Å²) in [5.41, 5.74) is 10.5. The summed E-state index contributed by atoms with van der Waals surface area (Å²) in [6, 6.07) is 3.78. The van der Waals surface area contributed by atoms with Gasteiger partial charge in [0.2, 0.25) is 15.9 Å². The molecule has 20 heavy (non-hydrogen) atoms. The maximum absolute atomic E-state index is 12.1. The monoisotopic (exact) mass is 301 g/mol. The molecule has 0 aliphatic rings. The molecule has 8 nitrogen and oxygen atoms in total. The Morgan fingerprint density at radius 1 is 1.35 bits per heavy atom. The van der Waals surface area contributed by atoms with E-state index in [0.717, 1.165) is 13.2 Å². The average molecular weight is 301 g/mol. The molecule has 1 rings (SSSR count). The van der Waals surface area contributed by atoms with Crippen LogP contribution in [0, 0.1) is 0 Å². The lowest BCUT2D eigenvalue weighted by molar-refractivity contribution is -0.117. The van der Waals surface area contributed by atoms with Crippen LogP contribution in [0.5, 0.6) is 0 Å². The second kappa shape index (κ2) is 6.35. The standard InChI is InChI=1S/C11H15N3O5S/c1-19-11(16)8-3-2-7(12)6-9(8)20(17,18)14-5-4-10(13)15/h2-3,6,14H,4-5,12H2,1H3,(H2,13,15). The van der Waals surface area contributed by atoms with Crippen LogP contribution in [0.15, 0.2) is 23.1 Å². The molecule has 1 aromatic rings. The predicted molar refractivity (Wildman–Crippen MR) is 71.2 cm³/mol. The van der Waals surface area contributed by atoms with Gasteiger partial charge in [-0.3, -0.25) is 4.79 Å². The highest BCUT2D eigenvalue weighted by atomic mass is 32.2. The van der Waals surface area contributed by atoms with Gasteiger partial charge in [0.1, 0.15) is 0 Å². The predicted octanol–water partition coefficient (Wildman–Crippen LogP) is -0.791. The molecule has 1 aromatic carbocycles. The van der Waals surface area contributed by atoms with Crippen molar-refractivity contribution in [1.29, 1.82) is 0 Å². The van der Waals surface area contributed by atoms with E-state index in [1.807, 2.05) is 0 Å². The zero-order valence-corrected chi connectivity index (χ0v) is 11.6. The number of anilines is 1. The first-order valence-corrected chi connectivity index (χ1v) is 7.02. The highest BCUT2D eigenvalue weighted by Crippen LogP contribution is 2.19. The number of benzene rings is 1. The van der Waals surface area contributed by atoms with Crippen LogP contribution in [0.25, 0.3) is 0 Å². The summed E-state index contributed by atoms with van der Waals surface area (Å²) >= 11 is 0. The number of esters is 1. The number of amides is 1. The van der Waals surface area contributed by atoms with Crippen LogP contribution in [0.1, 0.15) is 16.8 Å². The second-order valence-corrected chi connectivity index (χ2v) is 5.60. The number of nitrogens with two attached hydrogens (primary N) is 2. The first-order chi connectivity index (χ1) is 9.27. The van der Waals surface area contributed by atoms with Gasteiger partial charge in [0.15, 0.2) is 0 Å². The third kappa shape index (κ3) is 3.93. The van der Waals surface area contributed by atoms with Crippen LogP contribution in [-0.2, 0) is 19.6 Å². The second-order valence-electron chi connectivity index (χ2n) is 3.86. The topological polar surface area (TPSA) is 142 Å². The molecule has 0 saturated carbocycles. The highest BCUT2D eigenvalue weighted by molar-refractivity contribution is 7.89. The Kier molecular flexibility index (Phi) is 5.06. The third-order valence-electron chi connectivity index (χ3n) is 2.36. The van der Waals surface area contributed by atoms with Crippen LogP contribution in [0.2, 0.25) is 0 Å². The molecule has 0 spiro atoms. The average Bonchev–Trinajstić information content (AvgIpc) is 2.37. The maximum atomic E-state index is 12.1. The molecular formula is C11H15N3O5S. The lowest BCUT2D eigenvalue weighted by Crippen LogP contribution is -2.29. The first-order valence-electron chi connectivity index (χ1n) is 5.53. The Labute approximate surface area is 116 Å². The third-order valence-corrected chi connectivity index (χ3v) is 3.86. The molecule has 0 aromatic heterocycles. The number of ether oxygens (including phenoxy) is 1. The fourth-order valence-electron chi connectivity index (χ4n) is 1.43. The van der Waals surface area contributed by atoms with Crippen molar-refractivity contribution in [1.82, 2.24) is 4.72 Å². The van der Waals surface area contributed by atoms with Crippen molar-refractivity contribution in [2.45, 2.75) is 11.3 Å². The highest BCUT2D eigenvalue weighted by Gasteiger charge is 2.23. The van der Waals surface area contributed by atoms with E-state index in [9.17, 15) is 18.0 Å². The number of nitrogens with one attached hydrogen (secondary N) is 1. The van der Waals surface area contributed by atoms with Crippen molar-refractivity contribution in [2.24, 2.45) is 5.73 Å². The normalized spacial score (nSPS) is 11.1. The summed E-state index contributed by atoms with van der Waals surface area (Å²) in [6.07, 6.45) is -0.158. The fraction of sp³-hybridized carbons (Fsp3) is 0.273. The number of methoxy groups -OCH3 is 1. The van der Waals surface area contributed by atoms with Gasteiger partial charge in [0.25, 0.3) is 0 Å². The molecule has 110 valence electrons. The molecule has 0 radical (unpaired) electrons. The number of hydrogen-bond donors (Lipinski definition) is 3. The number of rotatable bonds is 6. The van der Waals surface area contributed by atoms with Gasteiger partial charge in [-0.05, 0) is 18.2 Å². The zero-order chi connectivity index (χ0) is 15.3. The summed E-state index contributed by atoms with van der Waals surface area (Å²) in [4.78, 5) is 21.8. The van der Waals surface area contributed by atoms with Crippen LogP contribution in [0.4, 0.5) is 5.69 Å². The summed E-state index contributed by atoms with van der Waals surface area (Å²) in [6.45, 7) is -0.174. The smallest absolute Gasteiger partial charge is 0.339 e. The lowest BCUT2D eigenvalue weighted by Gasteiger charge is -2.10. The van der Waals surface area contributed by atoms with Crippen LogP contribution in [-0.4, -0.2) is 33.9 Å². The van der Waals surface area contributed by atoms with Gasteiger partial charge in [0.05, 0.1) is 17.6 Å². The van der Waals surface area contributed by atoms with Gasteiger partial charge >= 0.3 is 5.97 Å². The molecule has 9 heteroatoms. The van der Waals surface area contributed by atoms with E-state index in [4.69, 9.17) is 11.5 Å². The number of sulfonamides is 1. The first kappa shape index (κ1) is 15.9. The number of hydrogen-bond acceptors (Lipinski definition) is 6. The minimum Gasteiger partial charge on any atom is -0.465 e. The van der Waals surface area contributed by atoms with Crippen LogP contribution in [0.3, 0.4) is 0 Å². The molecule has 0 aliphatic carbocycles. The van der Waals surface area contributed by atoms with Crippen molar-refractivity contribution in [3.8, 4) is 0 Å². The van der Waals surface area contributed by atoms with Gasteiger partial charge in [0, 0.05) is 18.7 Å². The van der Waals surface area contributed by atoms with Crippen molar-refractivity contribution in [3.05, 3.63) is 23.8 Å². The van der Waals surface area contributed by atoms with E-state index in [0.29, 0.717) is 0 Å². The number of nitrogen functional groups attached to an aromatic ring is 1. The molecule has 5 N–H and O–H groups in total. The van der Waals surface area contributed by atoms with Crippen LogP contribution < -0.4 is 16.2 Å². The largest absolute Gasteiger partial charge is 0.465 e. The van der Waals surface area contributed by atoms with Crippen molar-refractivity contribution in [2.75, 3.05) is 19.4 Å². The molecule has 0 atom stereocenters. The molecule has 1 amide bonds. The van der Waals surface area contributed by atoms with E-state index in [2.05, 4.69) is 9.46 Å². The summed E-state index contributed by atoms with van der Waals surface area (Å²) in [5.74, 6) is -1.45. The van der Waals surface area contributed by atoms with Crippen LogP contribution >= 0.6 is 0 Å². The Morgan fingerprint density at radius 2 is 2.00 bits per heavy atom. The zero-order valence-electron chi connectivity index (χ0n) is 10.8. The van der Waals surface area contributed by atoms with E-state index in [-0.39, 0.29) is 29.1 Å². The van der Waals surface area contributed by atoms with E-state index in [1.54, 1.807) is 0 Å². The van der Waals surface area contributed by atoms with Gasteiger partial charge in [-0.2, -0.15) is 0 Å². The molecule has 0 saturated heterocycles. The van der Waals surface area contributed by atoms with Gasteiger partial charge in [-0.15, -0.1) is 0 Å². The minimum absolute atomic E-state index is 0.145. The summed E-state index contributed by atoms with van der Waals surface area (Å²) in [5, 5.41) is 0. The molecular weight excluding hydrogens is 286 g/mol. The number of carbonyl (C=O) groups excluding carboxylic acids is 2. The van der Waals surface area contributed by atoms with Gasteiger partial charge in [-0.25, -0.2) is 17.9 Å². The van der Waals surface area contributed by atoms with Crippen molar-refractivity contribution in [3.63, 3.8) is 0 Å². The van der Waals surface area contributed by atoms with Crippen molar-refractivity contribution < 1.29 is 22.7 Å². The number of carbonyl (C=O) groups is 2. The van der Waals surface area contributed by atoms with E-state index < -0.39 is 21.9 Å². The molecule has 0 unspecified atom stereocenters. The van der Waals surface area contributed by atoms with E-state index >= 15 is 0 Å². The Morgan fingerprint density at radius 3 is 2.55 bits per heavy atom. The maximum Gasteiger partial charge on any atom is 0.339 e. The van der Waals surface area contributed by atoms with Gasteiger partial charge < -0.3 is 16.2 Å². The van der Waals surface area contributed by atoms with Crippen molar-refractivity contribution >= 4 is 27.6 Å². The van der Waals surface area contributed by atoms with Gasteiger partial charge in [-0.1, -0.05) is 0 Å². The summed E-state index contributed by atoms with van der Waals surface area (Å²) in [7, 11) is -2.87.